The molecule has 0 unspecified atom stereocenters. The molecule has 7 heteroatoms. The first-order valence-corrected chi connectivity index (χ1v) is 11.1. The summed E-state index contributed by atoms with van der Waals surface area (Å²) in [5.41, 5.74) is 5.23. The number of aryl methyl sites for hydroxylation is 1. The van der Waals surface area contributed by atoms with Gasteiger partial charge in [0.15, 0.2) is 0 Å². The second kappa shape index (κ2) is 9.83. The number of ether oxygens (including phenoxy) is 1. The molecule has 3 aromatic rings. The van der Waals surface area contributed by atoms with Crippen molar-refractivity contribution in [3.63, 3.8) is 0 Å². The monoisotopic (exact) mass is 439 g/mol. The Hall–Kier alpha value is -3.06. The summed E-state index contributed by atoms with van der Waals surface area (Å²) < 4.78 is 31.3. The Morgan fingerprint density at radius 3 is 2.65 bits per heavy atom. The van der Waals surface area contributed by atoms with Crippen LogP contribution in [0.3, 0.4) is 0 Å². The molecule has 0 saturated heterocycles. The normalized spacial score (nSPS) is 15.7. The molecule has 1 aliphatic rings. The van der Waals surface area contributed by atoms with Crippen LogP contribution in [0.5, 0.6) is 5.75 Å². The molecule has 1 aliphatic carbocycles. The first-order chi connectivity index (χ1) is 15.2. The predicted molar refractivity (Wildman–Crippen MR) is 121 cm³/mol. The molecule has 0 saturated carbocycles. The van der Waals surface area contributed by atoms with Crippen LogP contribution in [-0.4, -0.2) is 23.5 Å². The van der Waals surface area contributed by atoms with Gasteiger partial charge in [-0.05, 0) is 55.5 Å². The van der Waals surface area contributed by atoms with Crippen LogP contribution in [0.15, 0.2) is 76.7 Å². The molecular weight excluding hydrogens is 416 g/mol. The van der Waals surface area contributed by atoms with Gasteiger partial charge in [0.1, 0.15) is 5.75 Å². The maximum absolute atomic E-state index is 12.5. The van der Waals surface area contributed by atoms with E-state index in [9.17, 15) is 8.78 Å². The molecule has 0 fully saturated rings. The molecule has 31 heavy (non-hydrogen) atoms. The van der Waals surface area contributed by atoms with Gasteiger partial charge < -0.3 is 4.74 Å². The standard InChI is InChI=1S/C24H23F2N3OS/c1-2-15-27-24-29(28-21-10-6-4-8-17-7-3-5-9-20(17)21)22(16-31-24)18-11-13-19(14-12-18)30-23(25)26/h2-3,5,7,9,11-14,16,23H,1,4,6,8,10,15H2. The molecule has 4 rings (SSSR count). The molecule has 2 aromatic carbocycles. The van der Waals surface area contributed by atoms with Crippen LogP contribution < -0.4 is 9.54 Å². The molecule has 0 bridgehead atoms. The largest absolute Gasteiger partial charge is 0.435 e. The Bertz CT molecular complexity index is 1150. The van der Waals surface area contributed by atoms with Crippen LogP contribution >= 0.6 is 11.3 Å². The average molecular weight is 440 g/mol. The van der Waals surface area contributed by atoms with Gasteiger partial charge in [0.2, 0.25) is 4.80 Å². The Labute approximate surface area is 183 Å². The van der Waals surface area contributed by atoms with Crippen LogP contribution in [0.4, 0.5) is 8.78 Å². The third kappa shape index (κ3) is 4.99. The molecular formula is C24H23F2N3OS. The second-order valence-corrected chi connectivity index (χ2v) is 8.00. The summed E-state index contributed by atoms with van der Waals surface area (Å²) in [5, 5.41) is 7.03. The van der Waals surface area contributed by atoms with E-state index in [4.69, 9.17) is 5.10 Å². The summed E-state index contributed by atoms with van der Waals surface area (Å²) >= 11 is 1.49. The van der Waals surface area contributed by atoms with Crippen LogP contribution in [0.1, 0.15) is 30.4 Å². The zero-order valence-corrected chi connectivity index (χ0v) is 17.8. The van der Waals surface area contributed by atoms with E-state index in [-0.39, 0.29) is 5.75 Å². The third-order valence-corrected chi connectivity index (χ3v) is 5.93. The van der Waals surface area contributed by atoms with Crippen molar-refractivity contribution in [2.24, 2.45) is 10.1 Å². The minimum absolute atomic E-state index is 0.126. The number of nitrogens with zero attached hydrogens (tertiary/aromatic N) is 3. The molecule has 1 heterocycles. The van der Waals surface area contributed by atoms with Crippen LogP contribution in [0, 0.1) is 0 Å². The van der Waals surface area contributed by atoms with Gasteiger partial charge in [0, 0.05) is 16.5 Å². The van der Waals surface area contributed by atoms with Gasteiger partial charge in [-0.2, -0.15) is 13.9 Å². The van der Waals surface area contributed by atoms with Gasteiger partial charge in [0.05, 0.1) is 18.0 Å². The summed E-state index contributed by atoms with van der Waals surface area (Å²) in [6.45, 7) is 1.40. The predicted octanol–water partition coefficient (Wildman–Crippen LogP) is 5.88. The maximum atomic E-state index is 12.5. The Morgan fingerprint density at radius 2 is 1.87 bits per heavy atom. The van der Waals surface area contributed by atoms with Crippen LogP contribution in [0.25, 0.3) is 11.3 Å². The number of rotatable bonds is 6. The molecule has 1 aromatic heterocycles. The summed E-state index contributed by atoms with van der Waals surface area (Å²) in [7, 11) is 0. The van der Waals surface area contributed by atoms with Gasteiger partial charge in [-0.25, -0.2) is 4.68 Å². The van der Waals surface area contributed by atoms with E-state index in [1.807, 2.05) is 16.1 Å². The van der Waals surface area contributed by atoms with E-state index >= 15 is 0 Å². The molecule has 0 amide bonds. The fourth-order valence-electron chi connectivity index (χ4n) is 3.64. The number of thiazole rings is 1. The van der Waals surface area contributed by atoms with E-state index in [1.165, 1.54) is 34.6 Å². The SMILES string of the molecule is C=CCN=c1scc(-c2ccc(OC(F)F)cc2)n1N=C1CCCCc2ccccc21. The Balaban J connectivity index is 1.81. The van der Waals surface area contributed by atoms with Crippen LogP contribution in [0.2, 0.25) is 0 Å². The number of fused-ring (bicyclic) bond motifs is 1. The number of hydrogen-bond acceptors (Lipinski definition) is 4. The molecule has 0 spiro atoms. The van der Waals surface area contributed by atoms with Crippen molar-refractivity contribution in [1.82, 2.24) is 4.68 Å². The number of halogens is 2. The van der Waals surface area contributed by atoms with E-state index < -0.39 is 6.61 Å². The third-order valence-electron chi connectivity index (χ3n) is 5.07. The van der Waals surface area contributed by atoms with Crippen molar-refractivity contribution in [2.75, 3.05) is 6.54 Å². The van der Waals surface area contributed by atoms with Crippen molar-refractivity contribution < 1.29 is 13.5 Å². The zero-order chi connectivity index (χ0) is 21.6. The maximum Gasteiger partial charge on any atom is 0.387 e. The summed E-state index contributed by atoms with van der Waals surface area (Å²) in [4.78, 5) is 5.37. The zero-order valence-electron chi connectivity index (χ0n) is 17.0. The molecule has 0 atom stereocenters. The van der Waals surface area contributed by atoms with Crippen LogP contribution in [-0.2, 0) is 6.42 Å². The fraction of sp³-hybridized carbons (Fsp3) is 0.250. The topological polar surface area (TPSA) is 38.9 Å². The highest BCUT2D eigenvalue weighted by atomic mass is 32.1. The van der Waals surface area contributed by atoms with Gasteiger partial charge in [-0.1, -0.05) is 30.3 Å². The minimum atomic E-state index is -2.84. The summed E-state index contributed by atoms with van der Waals surface area (Å²) in [5.74, 6) is 0.126. The first kappa shape index (κ1) is 21.2. The Kier molecular flexibility index (Phi) is 6.72. The molecule has 4 nitrogen and oxygen atoms in total. The quantitative estimate of drug-likeness (QED) is 0.349. The van der Waals surface area contributed by atoms with E-state index in [1.54, 1.807) is 18.2 Å². The second-order valence-electron chi connectivity index (χ2n) is 7.16. The number of aromatic nitrogens is 1. The lowest BCUT2D eigenvalue weighted by atomic mass is 10.0. The van der Waals surface area contributed by atoms with Crippen molar-refractivity contribution in [3.8, 4) is 17.0 Å². The average Bonchev–Trinajstić information content (AvgIpc) is 3.05. The highest BCUT2D eigenvalue weighted by Crippen LogP contribution is 2.26. The van der Waals surface area contributed by atoms with Gasteiger partial charge in [0.25, 0.3) is 0 Å². The van der Waals surface area contributed by atoms with Crippen molar-refractivity contribution in [1.29, 1.82) is 0 Å². The van der Waals surface area contributed by atoms with Gasteiger partial charge in [-0.3, -0.25) is 4.99 Å². The smallest absolute Gasteiger partial charge is 0.387 e. The minimum Gasteiger partial charge on any atom is -0.435 e. The first-order valence-electron chi connectivity index (χ1n) is 10.2. The van der Waals surface area contributed by atoms with E-state index in [0.29, 0.717) is 6.54 Å². The lowest BCUT2D eigenvalue weighted by molar-refractivity contribution is -0.0498. The highest BCUT2D eigenvalue weighted by molar-refractivity contribution is 7.07. The van der Waals surface area contributed by atoms with Crippen molar-refractivity contribution in [3.05, 3.63) is 82.5 Å². The lowest BCUT2D eigenvalue weighted by Gasteiger charge is -2.10. The van der Waals surface area contributed by atoms with E-state index in [0.717, 1.165) is 47.5 Å². The fourth-order valence-corrected chi connectivity index (χ4v) is 4.48. The molecule has 160 valence electrons. The number of hydrogen-bond donors (Lipinski definition) is 0. The molecule has 0 aliphatic heterocycles. The Morgan fingerprint density at radius 1 is 1.10 bits per heavy atom. The lowest BCUT2D eigenvalue weighted by Crippen LogP contribution is -2.16. The number of benzene rings is 2. The van der Waals surface area contributed by atoms with Gasteiger partial charge in [-0.15, -0.1) is 17.9 Å². The summed E-state index contributed by atoms with van der Waals surface area (Å²) in [6.07, 6.45) is 5.90. The van der Waals surface area contributed by atoms with Gasteiger partial charge >= 0.3 is 6.61 Å². The molecule has 0 radical (unpaired) electrons. The summed E-state index contributed by atoms with van der Waals surface area (Å²) in [6, 6.07) is 15.0. The highest BCUT2D eigenvalue weighted by Gasteiger charge is 2.16. The van der Waals surface area contributed by atoms with Crippen molar-refractivity contribution >= 4 is 17.0 Å². The van der Waals surface area contributed by atoms with Crippen molar-refractivity contribution in [2.45, 2.75) is 32.3 Å². The molecule has 0 N–H and O–H groups in total. The van der Waals surface area contributed by atoms with E-state index in [2.05, 4.69) is 34.5 Å². The number of alkyl halides is 2.